The number of aryl methyl sites for hydroxylation is 1. The molecule has 0 radical (unpaired) electrons. The molecule has 0 unspecified atom stereocenters. The number of hydrogen-bond acceptors (Lipinski definition) is 6. The number of para-hydroxylation sites is 1. The molecule has 184 valence electrons. The zero-order chi connectivity index (χ0) is 25.4. The third-order valence-electron chi connectivity index (χ3n) is 6.27. The van der Waals surface area contributed by atoms with E-state index in [1.807, 2.05) is 24.3 Å². The van der Waals surface area contributed by atoms with E-state index in [1.165, 1.54) is 9.75 Å². The van der Waals surface area contributed by atoms with Crippen molar-refractivity contribution in [2.75, 3.05) is 5.32 Å². The topological polar surface area (TPSA) is 112 Å². The Kier molecular flexibility index (Phi) is 5.97. The van der Waals surface area contributed by atoms with Crippen molar-refractivity contribution >= 4 is 44.9 Å². The smallest absolute Gasteiger partial charge is 0.224 e. The van der Waals surface area contributed by atoms with Crippen LogP contribution in [0.4, 0.5) is 5.69 Å². The van der Waals surface area contributed by atoms with Gasteiger partial charge in [0.25, 0.3) is 0 Å². The largest absolute Gasteiger partial charge is 0.337 e. The Morgan fingerprint density at radius 1 is 1.08 bits per heavy atom. The molecule has 8 nitrogen and oxygen atoms in total. The van der Waals surface area contributed by atoms with Gasteiger partial charge in [-0.05, 0) is 43.7 Å². The maximum Gasteiger partial charge on any atom is 0.224 e. The predicted molar refractivity (Wildman–Crippen MR) is 148 cm³/mol. The van der Waals surface area contributed by atoms with Gasteiger partial charge in [-0.1, -0.05) is 25.5 Å². The zero-order valence-electron chi connectivity index (χ0n) is 20.5. The molecule has 0 aliphatic carbocycles. The number of carbonyl (C=O) groups is 1. The van der Waals surface area contributed by atoms with Gasteiger partial charge in [0, 0.05) is 38.9 Å². The van der Waals surface area contributed by atoms with E-state index in [0.717, 1.165) is 57.3 Å². The fourth-order valence-electron chi connectivity index (χ4n) is 4.39. The number of fused-ring (bicyclic) bond motifs is 2. The molecule has 1 aromatic carbocycles. The molecule has 5 heterocycles. The highest BCUT2D eigenvalue weighted by Gasteiger charge is 2.17. The van der Waals surface area contributed by atoms with Crippen LogP contribution in [0, 0.1) is 6.92 Å². The number of anilines is 1. The van der Waals surface area contributed by atoms with Crippen molar-refractivity contribution in [2.45, 2.75) is 33.1 Å². The van der Waals surface area contributed by atoms with Crippen LogP contribution in [-0.4, -0.2) is 36.0 Å². The van der Waals surface area contributed by atoms with Crippen molar-refractivity contribution in [3.05, 3.63) is 65.9 Å². The van der Waals surface area contributed by atoms with E-state index < -0.39 is 0 Å². The number of aromatic nitrogens is 6. The molecule has 6 aromatic rings. The Morgan fingerprint density at radius 2 is 2.00 bits per heavy atom. The number of unbranched alkanes of at least 4 members (excludes halogenated alkanes) is 1. The van der Waals surface area contributed by atoms with Gasteiger partial charge in [-0.15, -0.1) is 11.3 Å². The van der Waals surface area contributed by atoms with E-state index in [4.69, 9.17) is 4.98 Å². The van der Waals surface area contributed by atoms with E-state index in [9.17, 15) is 4.79 Å². The number of H-pyrrole nitrogens is 2. The molecule has 37 heavy (non-hydrogen) atoms. The van der Waals surface area contributed by atoms with Crippen molar-refractivity contribution in [2.24, 2.45) is 0 Å². The van der Waals surface area contributed by atoms with Crippen LogP contribution in [0.5, 0.6) is 0 Å². The Labute approximate surface area is 217 Å². The lowest BCUT2D eigenvalue weighted by Crippen LogP contribution is -2.11. The maximum absolute atomic E-state index is 12.2. The minimum atomic E-state index is -0.0108. The average molecular weight is 508 g/mol. The number of nitrogens with one attached hydrogen (secondary N) is 3. The molecule has 0 bridgehead atoms. The van der Waals surface area contributed by atoms with E-state index >= 15 is 0 Å². The molecular formula is C28H25N7OS. The Balaban J connectivity index is 1.37. The van der Waals surface area contributed by atoms with Crippen LogP contribution >= 0.6 is 11.3 Å². The van der Waals surface area contributed by atoms with Crippen LogP contribution in [0.3, 0.4) is 0 Å². The number of imidazole rings is 1. The van der Waals surface area contributed by atoms with Crippen LogP contribution in [0.25, 0.3) is 55.2 Å². The average Bonchev–Trinajstić information content (AvgIpc) is 3.64. The molecule has 1 amide bonds. The first kappa shape index (κ1) is 23.1. The summed E-state index contributed by atoms with van der Waals surface area (Å²) in [4.78, 5) is 31.9. The fraction of sp³-hybridized carbons (Fsp3) is 0.179. The number of rotatable bonds is 7. The van der Waals surface area contributed by atoms with Crippen molar-refractivity contribution in [3.63, 3.8) is 0 Å². The number of aromatic amines is 2. The lowest BCUT2D eigenvalue weighted by Gasteiger charge is -2.07. The second-order valence-corrected chi connectivity index (χ2v) is 10.3. The summed E-state index contributed by atoms with van der Waals surface area (Å²) < 4.78 is 0. The molecule has 6 rings (SSSR count). The third-order valence-corrected chi connectivity index (χ3v) is 7.30. The van der Waals surface area contributed by atoms with Gasteiger partial charge < -0.3 is 10.3 Å². The summed E-state index contributed by atoms with van der Waals surface area (Å²) in [6, 6.07) is 14.3. The molecule has 0 saturated heterocycles. The summed E-state index contributed by atoms with van der Waals surface area (Å²) in [5.74, 6) is 0.678. The van der Waals surface area contributed by atoms with Crippen LogP contribution in [0.15, 0.2) is 61.1 Å². The maximum atomic E-state index is 12.2. The lowest BCUT2D eigenvalue weighted by molar-refractivity contribution is -0.116. The van der Waals surface area contributed by atoms with Crippen molar-refractivity contribution in [3.8, 4) is 33.2 Å². The summed E-state index contributed by atoms with van der Waals surface area (Å²) in [7, 11) is 0. The van der Waals surface area contributed by atoms with E-state index in [1.54, 1.807) is 29.9 Å². The first-order chi connectivity index (χ1) is 18.1. The normalized spacial score (nSPS) is 11.4. The van der Waals surface area contributed by atoms with Gasteiger partial charge in [-0.3, -0.25) is 19.9 Å². The molecule has 9 heteroatoms. The fourth-order valence-corrected chi connectivity index (χ4v) is 5.28. The van der Waals surface area contributed by atoms with Crippen LogP contribution in [0.1, 0.15) is 31.1 Å². The van der Waals surface area contributed by atoms with Crippen LogP contribution < -0.4 is 5.32 Å². The molecular weight excluding hydrogens is 482 g/mol. The highest BCUT2D eigenvalue weighted by Crippen LogP contribution is 2.35. The molecule has 0 spiro atoms. The van der Waals surface area contributed by atoms with Gasteiger partial charge in [0.15, 0.2) is 5.82 Å². The monoisotopic (exact) mass is 507 g/mol. The molecule has 0 fully saturated rings. The number of carbonyl (C=O) groups excluding carboxylic acids is 1. The van der Waals surface area contributed by atoms with Gasteiger partial charge >= 0.3 is 0 Å². The second-order valence-electron chi connectivity index (χ2n) is 9.00. The second kappa shape index (κ2) is 9.59. The first-order valence-electron chi connectivity index (χ1n) is 12.2. The highest BCUT2D eigenvalue weighted by molar-refractivity contribution is 7.15. The molecule has 0 aliphatic heterocycles. The Hall–Kier alpha value is -4.37. The highest BCUT2D eigenvalue weighted by atomic mass is 32.1. The number of hydrogen-bond donors (Lipinski definition) is 3. The molecule has 5 aromatic heterocycles. The summed E-state index contributed by atoms with van der Waals surface area (Å²) in [5.41, 5.74) is 6.71. The summed E-state index contributed by atoms with van der Waals surface area (Å²) >= 11 is 1.76. The SMILES string of the molecule is CCCCC(=O)Nc1cncc(-c2cc3c(-c4nc5c(-c6ccc(C)s6)cccc5[nH]4)n[nH]c3cn2)c1. The van der Waals surface area contributed by atoms with Crippen LogP contribution in [0.2, 0.25) is 0 Å². The number of amides is 1. The van der Waals surface area contributed by atoms with E-state index in [2.05, 4.69) is 62.5 Å². The van der Waals surface area contributed by atoms with Crippen LogP contribution in [-0.2, 0) is 4.79 Å². The predicted octanol–water partition coefficient (Wildman–Crippen LogP) is 6.73. The van der Waals surface area contributed by atoms with E-state index in [0.29, 0.717) is 17.9 Å². The van der Waals surface area contributed by atoms with E-state index in [-0.39, 0.29) is 5.91 Å². The van der Waals surface area contributed by atoms with Gasteiger partial charge in [0.1, 0.15) is 5.69 Å². The van der Waals surface area contributed by atoms with Crippen molar-refractivity contribution in [1.82, 2.24) is 30.1 Å². The summed E-state index contributed by atoms with van der Waals surface area (Å²) in [6.45, 7) is 4.17. The van der Waals surface area contributed by atoms with Crippen molar-refractivity contribution < 1.29 is 4.79 Å². The minimum Gasteiger partial charge on any atom is -0.337 e. The third kappa shape index (κ3) is 4.49. The lowest BCUT2D eigenvalue weighted by atomic mass is 10.1. The Morgan fingerprint density at radius 3 is 2.84 bits per heavy atom. The quantitative estimate of drug-likeness (QED) is 0.222. The summed E-state index contributed by atoms with van der Waals surface area (Å²) in [5, 5.41) is 11.5. The van der Waals surface area contributed by atoms with Gasteiger partial charge in [0.05, 0.1) is 40.3 Å². The molecule has 0 atom stereocenters. The zero-order valence-corrected chi connectivity index (χ0v) is 21.3. The standard InChI is InChI=1S/C28H25N7OS/c1-3-4-8-25(36)31-18-11-17(13-29-14-18)22-12-20-23(15-30-22)34-35-27(20)28-32-21-7-5-6-19(26(21)33-28)24-10-9-16(2)37-24/h5-7,9-15H,3-4,8H2,1-2H3,(H,31,36)(H,32,33)(H,34,35). The number of benzene rings is 1. The molecule has 0 saturated carbocycles. The van der Waals surface area contributed by atoms with Crippen molar-refractivity contribution in [1.29, 1.82) is 0 Å². The number of nitrogens with zero attached hydrogens (tertiary/aromatic N) is 4. The van der Waals surface area contributed by atoms with Gasteiger partial charge in [-0.25, -0.2) is 4.98 Å². The molecule has 0 aliphatic rings. The summed E-state index contributed by atoms with van der Waals surface area (Å²) in [6.07, 6.45) is 7.48. The first-order valence-corrected chi connectivity index (χ1v) is 13.1. The number of pyridine rings is 2. The van der Waals surface area contributed by atoms with Gasteiger partial charge in [0.2, 0.25) is 5.91 Å². The number of thiophene rings is 1. The molecule has 3 N–H and O–H groups in total. The van der Waals surface area contributed by atoms with Gasteiger partial charge in [-0.2, -0.15) is 5.10 Å². The Bertz CT molecular complexity index is 1750. The minimum absolute atomic E-state index is 0.0108.